The minimum absolute atomic E-state index is 0.285. The molecule has 0 radical (unpaired) electrons. The summed E-state index contributed by atoms with van der Waals surface area (Å²) in [5.41, 5.74) is 0.780. The SMILES string of the molecule is COc1cc(F)cc2nc(Sc3nnnn3C)c(Sc3nnnn3C)nc12. The summed E-state index contributed by atoms with van der Waals surface area (Å²) in [6.07, 6.45) is 0. The van der Waals surface area contributed by atoms with Crippen molar-refractivity contribution >= 4 is 34.6 Å². The highest BCUT2D eigenvalue weighted by Crippen LogP contribution is 2.37. The Hall–Kier alpha value is -2.87. The maximum Gasteiger partial charge on any atom is 0.215 e. The summed E-state index contributed by atoms with van der Waals surface area (Å²) < 4.78 is 22.1. The minimum Gasteiger partial charge on any atom is -0.494 e. The number of hydrogen-bond donors (Lipinski definition) is 0. The van der Waals surface area contributed by atoms with Crippen LogP contribution in [-0.2, 0) is 14.1 Å². The number of tetrazole rings is 2. The number of methoxy groups -OCH3 is 1. The first-order valence-corrected chi connectivity index (χ1v) is 9.04. The van der Waals surface area contributed by atoms with E-state index < -0.39 is 5.82 Å². The van der Waals surface area contributed by atoms with Crippen LogP contribution in [0.15, 0.2) is 32.5 Å². The largest absolute Gasteiger partial charge is 0.494 e. The summed E-state index contributed by atoms with van der Waals surface area (Å²) in [5, 5.41) is 24.8. The molecule has 0 unspecified atom stereocenters. The predicted octanol–water partition coefficient (Wildman–Crippen LogP) is 1.13. The molecular weight excluding hydrogens is 395 g/mol. The van der Waals surface area contributed by atoms with Gasteiger partial charge in [0.25, 0.3) is 0 Å². The van der Waals surface area contributed by atoms with Crippen molar-refractivity contribution in [1.82, 2.24) is 50.4 Å². The number of aromatic nitrogens is 10. The van der Waals surface area contributed by atoms with E-state index in [1.807, 2.05) is 0 Å². The first kappa shape index (κ1) is 17.5. The molecular formula is C13H11FN10OS2. The Morgan fingerprint density at radius 1 is 0.926 bits per heavy atom. The van der Waals surface area contributed by atoms with E-state index in [0.717, 1.165) is 0 Å². The highest BCUT2D eigenvalue weighted by atomic mass is 32.2. The molecule has 3 heterocycles. The number of ether oxygens (including phenoxy) is 1. The molecule has 0 aliphatic carbocycles. The van der Waals surface area contributed by atoms with Gasteiger partial charge in [-0.15, -0.1) is 10.2 Å². The van der Waals surface area contributed by atoms with Gasteiger partial charge in [-0.05, 0) is 44.4 Å². The molecule has 0 atom stereocenters. The topological polar surface area (TPSA) is 122 Å². The zero-order valence-electron chi connectivity index (χ0n) is 14.2. The van der Waals surface area contributed by atoms with E-state index in [-0.39, 0.29) is 5.75 Å². The van der Waals surface area contributed by atoms with Gasteiger partial charge in [-0.2, -0.15) is 0 Å². The lowest BCUT2D eigenvalue weighted by Gasteiger charge is -2.10. The fraction of sp³-hybridized carbons (Fsp3) is 0.231. The molecule has 27 heavy (non-hydrogen) atoms. The van der Waals surface area contributed by atoms with Gasteiger partial charge < -0.3 is 4.74 Å². The molecule has 14 heteroatoms. The molecule has 0 N–H and O–H groups in total. The number of hydrogen-bond acceptors (Lipinski definition) is 11. The maximum atomic E-state index is 13.9. The van der Waals surface area contributed by atoms with Crippen LogP contribution in [0, 0.1) is 5.82 Å². The normalized spacial score (nSPS) is 11.3. The molecule has 0 fully saturated rings. The number of halogens is 1. The van der Waals surface area contributed by atoms with E-state index in [4.69, 9.17) is 4.74 Å². The molecule has 3 aromatic heterocycles. The summed E-state index contributed by atoms with van der Waals surface area (Å²) >= 11 is 2.42. The van der Waals surface area contributed by atoms with Crippen molar-refractivity contribution < 1.29 is 9.13 Å². The van der Waals surface area contributed by atoms with Gasteiger partial charge in [0.05, 0.1) is 12.6 Å². The van der Waals surface area contributed by atoms with Crippen molar-refractivity contribution in [3.05, 3.63) is 17.9 Å². The molecule has 0 spiro atoms. The Morgan fingerprint density at radius 3 is 2.04 bits per heavy atom. The van der Waals surface area contributed by atoms with Gasteiger partial charge in [-0.3, -0.25) is 0 Å². The average molecular weight is 406 g/mol. The van der Waals surface area contributed by atoms with Crippen LogP contribution in [0.1, 0.15) is 0 Å². The lowest BCUT2D eigenvalue weighted by atomic mass is 10.2. The third-order valence-electron chi connectivity index (χ3n) is 3.40. The average Bonchev–Trinajstić information content (AvgIpc) is 3.23. The quantitative estimate of drug-likeness (QED) is 0.474. The van der Waals surface area contributed by atoms with Crippen LogP contribution in [0.4, 0.5) is 4.39 Å². The van der Waals surface area contributed by atoms with Gasteiger partial charge in [0, 0.05) is 26.2 Å². The van der Waals surface area contributed by atoms with Gasteiger partial charge >= 0.3 is 0 Å². The fourth-order valence-electron chi connectivity index (χ4n) is 2.14. The molecule has 0 amide bonds. The molecule has 4 aromatic rings. The zero-order chi connectivity index (χ0) is 19.0. The van der Waals surface area contributed by atoms with Crippen LogP contribution in [0.5, 0.6) is 5.75 Å². The summed E-state index contributed by atoms with van der Waals surface area (Å²) in [6.45, 7) is 0. The van der Waals surface area contributed by atoms with Crippen molar-refractivity contribution in [2.75, 3.05) is 7.11 Å². The number of rotatable bonds is 5. The Bertz CT molecular complexity index is 1130. The monoisotopic (exact) mass is 406 g/mol. The molecule has 4 rings (SSSR count). The predicted molar refractivity (Wildman–Crippen MR) is 91.9 cm³/mol. The second-order valence-electron chi connectivity index (χ2n) is 5.18. The number of fused-ring (bicyclic) bond motifs is 1. The zero-order valence-corrected chi connectivity index (χ0v) is 15.9. The summed E-state index contributed by atoms with van der Waals surface area (Å²) in [6, 6.07) is 2.55. The van der Waals surface area contributed by atoms with E-state index in [1.54, 1.807) is 14.1 Å². The van der Waals surface area contributed by atoms with E-state index in [0.29, 0.717) is 31.4 Å². The van der Waals surface area contributed by atoms with Crippen LogP contribution in [0.2, 0.25) is 0 Å². The highest BCUT2D eigenvalue weighted by molar-refractivity contribution is 8.02. The van der Waals surface area contributed by atoms with E-state index in [2.05, 4.69) is 41.0 Å². The summed E-state index contributed by atoms with van der Waals surface area (Å²) in [7, 11) is 4.87. The van der Waals surface area contributed by atoms with Crippen molar-refractivity contribution in [2.45, 2.75) is 20.4 Å². The van der Waals surface area contributed by atoms with E-state index in [9.17, 15) is 4.39 Å². The van der Waals surface area contributed by atoms with Crippen LogP contribution in [-0.4, -0.2) is 57.5 Å². The smallest absolute Gasteiger partial charge is 0.215 e. The second kappa shape index (κ2) is 7.03. The minimum atomic E-state index is -0.470. The van der Waals surface area contributed by atoms with Gasteiger partial charge in [-0.1, -0.05) is 0 Å². The second-order valence-corrected chi connectivity index (χ2v) is 7.10. The third kappa shape index (κ3) is 3.40. The van der Waals surface area contributed by atoms with Crippen LogP contribution >= 0.6 is 23.5 Å². The van der Waals surface area contributed by atoms with Crippen molar-refractivity contribution in [1.29, 1.82) is 0 Å². The van der Waals surface area contributed by atoms with Gasteiger partial charge in [0.15, 0.2) is 0 Å². The first-order valence-electron chi connectivity index (χ1n) is 7.41. The third-order valence-corrected chi connectivity index (χ3v) is 5.54. The lowest BCUT2D eigenvalue weighted by molar-refractivity contribution is 0.415. The number of aryl methyl sites for hydroxylation is 2. The Morgan fingerprint density at radius 2 is 1.52 bits per heavy atom. The van der Waals surface area contributed by atoms with Crippen molar-refractivity contribution in [3.8, 4) is 5.75 Å². The molecule has 138 valence electrons. The lowest BCUT2D eigenvalue weighted by Crippen LogP contribution is -2.00. The maximum absolute atomic E-state index is 13.9. The Labute approximate surface area is 159 Å². The summed E-state index contributed by atoms with van der Waals surface area (Å²) in [4.78, 5) is 9.16. The summed E-state index contributed by atoms with van der Waals surface area (Å²) in [5.74, 6) is -0.185. The van der Waals surface area contributed by atoms with E-state index >= 15 is 0 Å². The highest BCUT2D eigenvalue weighted by Gasteiger charge is 2.19. The van der Waals surface area contributed by atoms with Crippen molar-refractivity contribution in [2.24, 2.45) is 14.1 Å². The molecule has 0 bridgehead atoms. The fourth-order valence-corrected chi connectivity index (χ4v) is 3.78. The van der Waals surface area contributed by atoms with Gasteiger partial charge in [0.1, 0.15) is 27.1 Å². The number of benzene rings is 1. The molecule has 0 aliphatic rings. The molecule has 11 nitrogen and oxygen atoms in total. The molecule has 0 aliphatic heterocycles. The van der Waals surface area contributed by atoms with Crippen LogP contribution in [0.25, 0.3) is 11.0 Å². The Kier molecular flexibility index (Phi) is 4.57. The molecule has 1 aromatic carbocycles. The number of nitrogens with zero attached hydrogens (tertiary/aromatic N) is 10. The molecule has 0 saturated heterocycles. The van der Waals surface area contributed by atoms with Gasteiger partial charge in [0.2, 0.25) is 10.3 Å². The standard InChI is InChI=1S/C13H11FN10OS2/c1-23-12(17-19-21-23)26-10-11(27-13-18-20-22-24(13)2)16-9-7(15-10)4-6(14)5-8(9)25-3/h4-5H,1-3H3. The van der Waals surface area contributed by atoms with E-state index in [1.165, 1.54) is 52.1 Å². The van der Waals surface area contributed by atoms with Crippen LogP contribution < -0.4 is 4.74 Å². The first-order chi connectivity index (χ1) is 13.0. The van der Waals surface area contributed by atoms with Crippen LogP contribution in [0.3, 0.4) is 0 Å². The molecule has 0 saturated carbocycles. The van der Waals surface area contributed by atoms with Gasteiger partial charge in [-0.25, -0.2) is 23.7 Å². The Balaban J connectivity index is 1.88. The van der Waals surface area contributed by atoms with Crippen molar-refractivity contribution in [3.63, 3.8) is 0 Å².